The highest BCUT2D eigenvalue weighted by molar-refractivity contribution is 6.04. The van der Waals surface area contributed by atoms with Gasteiger partial charge in [0.25, 0.3) is 11.8 Å². The Kier molecular flexibility index (Phi) is 6.89. The van der Waals surface area contributed by atoms with Gasteiger partial charge in [-0.1, -0.05) is 18.1 Å². The average molecular weight is 481 g/mol. The second kappa shape index (κ2) is 10.6. The van der Waals surface area contributed by atoms with Crippen LogP contribution in [0.1, 0.15) is 63.4 Å². The molecule has 0 spiro atoms. The second-order valence-corrected chi connectivity index (χ2v) is 9.22. The van der Waals surface area contributed by atoms with Gasteiger partial charge in [-0.05, 0) is 67.5 Å². The lowest BCUT2D eigenvalue weighted by Gasteiger charge is -2.32. The minimum Gasteiger partial charge on any atom is -0.357 e. The summed E-state index contributed by atoms with van der Waals surface area (Å²) in [6.07, 6.45) is 12.5. The van der Waals surface area contributed by atoms with Gasteiger partial charge in [-0.3, -0.25) is 9.59 Å². The van der Waals surface area contributed by atoms with Crippen LogP contribution in [0.2, 0.25) is 0 Å². The molecule has 2 aliphatic rings. The number of hydrogen-bond donors (Lipinski definition) is 1. The topological polar surface area (TPSA) is 91.3 Å². The van der Waals surface area contributed by atoms with Gasteiger partial charge in [-0.25, -0.2) is 4.98 Å². The molecule has 8 heteroatoms. The first-order valence-corrected chi connectivity index (χ1v) is 12.3. The summed E-state index contributed by atoms with van der Waals surface area (Å²) in [6, 6.07) is 13.3. The van der Waals surface area contributed by atoms with E-state index in [1.54, 1.807) is 18.3 Å². The molecule has 1 aromatic carbocycles. The van der Waals surface area contributed by atoms with Crippen LogP contribution in [-0.4, -0.2) is 58.1 Å². The van der Waals surface area contributed by atoms with E-state index in [2.05, 4.69) is 43.5 Å². The molecule has 8 nitrogen and oxygen atoms in total. The van der Waals surface area contributed by atoms with Gasteiger partial charge >= 0.3 is 0 Å². The molecule has 1 N–H and O–H groups in total. The molecule has 4 heterocycles. The second-order valence-electron chi connectivity index (χ2n) is 9.22. The van der Waals surface area contributed by atoms with Crippen molar-refractivity contribution in [2.45, 2.75) is 31.6 Å². The summed E-state index contributed by atoms with van der Waals surface area (Å²) in [5, 5.41) is 10.7. The zero-order chi connectivity index (χ0) is 24.9. The predicted molar refractivity (Wildman–Crippen MR) is 138 cm³/mol. The number of nitrogens with zero attached hydrogens (tertiary/aromatic N) is 5. The molecule has 5 rings (SSSR count). The number of piperidine rings is 1. The van der Waals surface area contributed by atoms with Crippen molar-refractivity contribution < 1.29 is 9.59 Å². The summed E-state index contributed by atoms with van der Waals surface area (Å²) in [4.78, 5) is 34.3. The number of anilines is 2. The van der Waals surface area contributed by atoms with Crippen molar-refractivity contribution in [1.29, 1.82) is 0 Å². The molecule has 0 atom stereocenters. The van der Waals surface area contributed by atoms with Crippen LogP contribution in [0.25, 0.3) is 0 Å². The maximum atomic E-state index is 13.1. The Morgan fingerprint density at radius 3 is 2.36 bits per heavy atom. The molecule has 0 aliphatic carbocycles. The Morgan fingerprint density at radius 1 is 0.944 bits per heavy atom. The van der Waals surface area contributed by atoms with Gasteiger partial charge in [-0.2, -0.15) is 5.10 Å². The van der Waals surface area contributed by atoms with Gasteiger partial charge in [0.1, 0.15) is 5.82 Å². The number of pyridine rings is 1. The molecule has 2 aromatic heterocycles. The van der Waals surface area contributed by atoms with Gasteiger partial charge in [0.2, 0.25) is 0 Å². The number of aromatic nitrogens is 3. The molecule has 0 unspecified atom stereocenters. The molecule has 0 radical (unpaired) electrons. The number of carbonyl (C=O) groups excluding carboxylic acids is 2. The van der Waals surface area contributed by atoms with Gasteiger partial charge in [-0.15, -0.1) is 11.5 Å². The van der Waals surface area contributed by atoms with Crippen molar-refractivity contribution in [2.75, 3.05) is 36.4 Å². The minimum atomic E-state index is -0.342. The molecule has 36 heavy (non-hydrogen) atoms. The van der Waals surface area contributed by atoms with Crippen LogP contribution in [0.4, 0.5) is 11.6 Å². The average Bonchev–Trinajstić information content (AvgIpc) is 3.48. The number of hydrogen-bond acceptors (Lipinski definition) is 6. The molecule has 0 bridgehead atoms. The first-order valence-electron chi connectivity index (χ1n) is 12.3. The fraction of sp³-hybridized carbons (Fsp3) is 0.321. The molecule has 0 saturated carbocycles. The predicted octanol–water partition coefficient (Wildman–Crippen LogP) is 3.73. The Balaban J connectivity index is 1.18. The van der Waals surface area contributed by atoms with E-state index in [1.165, 1.54) is 11.8 Å². The normalized spacial score (nSPS) is 16.0. The van der Waals surface area contributed by atoms with E-state index in [0.717, 1.165) is 50.2 Å². The van der Waals surface area contributed by atoms with Crippen molar-refractivity contribution in [3.8, 4) is 12.3 Å². The number of rotatable bonds is 5. The summed E-state index contributed by atoms with van der Waals surface area (Å²) in [5.74, 6) is 3.70. The summed E-state index contributed by atoms with van der Waals surface area (Å²) < 4.78 is 0. The van der Waals surface area contributed by atoms with Crippen LogP contribution >= 0.6 is 0 Å². The van der Waals surface area contributed by atoms with E-state index >= 15 is 0 Å². The quantitative estimate of drug-likeness (QED) is 0.560. The number of carbonyl (C=O) groups is 2. The number of amides is 2. The third-order valence-corrected chi connectivity index (χ3v) is 6.91. The standard InChI is InChI=1S/C28H28N6O2/c1-2-20-5-7-21(8-6-20)22-11-15-34(16-12-22)28(36)24-17-25(32-30-19-24)31-27(35)23-9-10-26(29-18-23)33-13-3-4-14-33/h1,5-10,17-19,22H,3-4,11-16H2,(H,31,32,35). The van der Waals surface area contributed by atoms with Crippen LogP contribution < -0.4 is 10.2 Å². The molecule has 3 aromatic rings. The Labute approximate surface area is 210 Å². The summed E-state index contributed by atoms with van der Waals surface area (Å²) in [7, 11) is 0. The van der Waals surface area contributed by atoms with Crippen LogP contribution in [0.5, 0.6) is 0 Å². The van der Waals surface area contributed by atoms with Crippen LogP contribution in [0.15, 0.2) is 54.9 Å². The fourth-order valence-corrected chi connectivity index (χ4v) is 4.84. The minimum absolute atomic E-state index is 0.113. The Bertz CT molecular complexity index is 1270. The highest BCUT2D eigenvalue weighted by Crippen LogP contribution is 2.29. The number of terminal acetylenes is 1. The van der Waals surface area contributed by atoms with Crippen molar-refractivity contribution in [3.63, 3.8) is 0 Å². The number of benzene rings is 1. The fourth-order valence-electron chi connectivity index (χ4n) is 4.84. The number of nitrogens with one attached hydrogen (secondary N) is 1. The van der Waals surface area contributed by atoms with E-state index in [-0.39, 0.29) is 17.6 Å². The highest BCUT2D eigenvalue weighted by atomic mass is 16.2. The third-order valence-electron chi connectivity index (χ3n) is 6.91. The maximum absolute atomic E-state index is 13.1. The molecule has 2 amide bonds. The van der Waals surface area contributed by atoms with Crippen LogP contribution in [-0.2, 0) is 0 Å². The first kappa shape index (κ1) is 23.5. The Hall–Kier alpha value is -4.25. The molecule has 182 valence electrons. The van der Waals surface area contributed by atoms with Gasteiger partial charge < -0.3 is 15.1 Å². The van der Waals surface area contributed by atoms with Gasteiger partial charge in [0.15, 0.2) is 5.82 Å². The lowest BCUT2D eigenvalue weighted by Crippen LogP contribution is -2.38. The van der Waals surface area contributed by atoms with Crippen LogP contribution in [0, 0.1) is 12.3 Å². The van der Waals surface area contributed by atoms with E-state index in [4.69, 9.17) is 6.42 Å². The monoisotopic (exact) mass is 480 g/mol. The number of likely N-dealkylation sites (tertiary alicyclic amines) is 1. The summed E-state index contributed by atoms with van der Waals surface area (Å²) in [6.45, 7) is 3.29. The molecular formula is C28H28N6O2. The van der Waals surface area contributed by atoms with E-state index < -0.39 is 0 Å². The summed E-state index contributed by atoms with van der Waals surface area (Å²) >= 11 is 0. The molecular weight excluding hydrogens is 452 g/mol. The lowest BCUT2D eigenvalue weighted by atomic mass is 9.89. The smallest absolute Gasteiger partial charge is 0.258 e. The van der Waals surface area contributed by atoms with Crippen molar-refractivity contribution >= 4 is 23.5 Å². The van der Waals surface area contributed by atoms with E-state index in [1.807, 2.05) is 23.1 Å². The van der Waals surface area contributed by atoms with Gasteiger partial charge in [0, 0.05) is 37.9 Å². The lowest BCUT2D eigenvalue weighted by molar-refractivity contribution is 0.0712. The largest absolute Gasteiger partial charge is 0.357 e. The SMILES string of the molecule is C#Cc1ccc(C2CCN(C(=O)c3cnnc(NC(=O)c4ccc(N5CCCC5)nc4)c3)CC2)cc1. The highest BCUT2D eigenvalue weighted by Gasteiger charge is 2.25. The molecule has 2 aliphatic heterocycles. The molecule has 2 fully saturated rings. The Morgan fingerprint density at radius 2 is 1.69 bits per heavy atom. The van der Waals surface area contributed by atoms with E-state index in [9.17, 15) is 9.59 Å². The van der Waals surface area contributed by atoms with Crippen LogP contribution in [0.3, 0.4) is 0 Å². The first-order chi connectivity index (χ1) is 17.6. The summed E-state index contributed by atoms with van der Waals surface area (Å²) in [5.41, 5.74) is 2.95. The maximum Gasteiger partial charge on any atom is 0.258 e. The van der Waals surface area contributed by atoms with Crippen molar-refractivity contribution in [1.82, 2.24) is 20.1 Å². The van der Waals surface area contributed by atoms with E-state index in [0.29, 0.717) is 30.1 Å². The van der Waals surface area contributed by atoms with Gasteiger partial charge in [0.05, 0.1) is 17.3 Å². The molecule has 2 saturated heterocycles. The zero-order valence-electron chi connectivity index (χ0n) is 20.1. The third kappa shape index (κ3) is 5.20. The van der Waals surface area contributed by atoms with Crippen molar-refractivity contribution in [3.05, 3.63) is 77.1 Å². The zero-order valence-corrected chi connectivity index (χ0v) is 20.1. The van der Waals surface area contributed by atoms with Crippen molar-refractivity contribution in [2.24, 2.45) is 0 Å².